The van der Waals surface area contributed by atoms with E-state index in [0.717, 1.165) is 30.8 Å². The van der Waals surface area contributed by atoms with E-state index in [4.69, 9.17) is 9.47 Å². The maximum absolute atomic E-state index is 12.4. The maximum atomic E-state index is 12.4. The number of pyridine rings is 1. The van der Waals surface area contributed by atoms with Gasteiger partial charge in [-0.2, -0.15) is 0 Å². The van der Waals surface area contributed by atoms with E-state index in [9.17, 15) is 9.59 Å². The van der Waals surface area contributed by atoms with Crippen LogP contribution in [0.2, 0.25) is 0 Å². The Morgan fingerprint density at radius 1 is 1.18 bits per heavy atom. The number of nitrogens with one attached hydrogen (secondary N) is 2. The molecule has 3 rings (SSSR count). The average Bonchev–Trinajstić information content (AvgIpc) is 3.26. The molecule has 1 aliphatic heterocycles. The van der Waals surface area contributed by atoms with E-state index in [1.165, 1.54) is 12.4 Å². The van der Waals surface area contributed by atoms with E-state index in [-0.39, 0.29) is 17.9 Å². The van der Waals surface area contributed by atoms with E-state index in [1.807, 2.05) is 24.3 Å². The molecule has 1 atom stereocenters. The van der Waals surface area contributed by atoms with Gasteiger partial charge in [0.15, 0.2) is 0 Å². The standard InChI is InChI=1S/C21H25N3O4/c1-27-18-5-2-4-15(10-18)7-8-23-20(25)16-11-17(13-22-12-16)21(26)24-14-19-6-3-9-28-19/h2,4-5,10-13,19H,3,6-9,14H2,1H3,(H,23,25)(H,24,26). The Morgan fingerprint density at radius 3 is 2.68 bits per heavy atom. The fraction of sp³-hybridized carbons (Fsp3) is 0.381. The van der Waals surface area contributed by atoms with E-state index < -0.39 is 0 Å². The minimum absolute atomic E-state index is 0.0694. The number of amides is 2. The fourth-order valence-corrected chi connectivity index (χ4v) is 3.05. The molecular weight excluding hydrogens is 358 g/mol. The highest BCUT2D eigenvalue weighted by Gasteiger charge is 2.17. The first-order chi connectivity index (χ1) is 13.7. The van der Waals surface area contributed by atoms with Crippen LogP contribution in [0.1, 0.15) is 39.1 Å². The van der Waals surface area contributed by atoms with Gasteiger partial charge in [0.1, 0.15) is 5.75 Å². The first-order valence-electron chi connectivity index (χ1n) is 9.41. The number of hydrogen-bond acceptors (Lipinski definition) is 5. The third-order valence-corrected chi connectivity index (χ3v) is 4.61. The van der Waals surface area contributed by atoms with Crippen LogP contribution >= 0.6 is 0 Å². The van der Waals surface area contributed by atoms with Crippen molar-refractivity contribution >= 4 is 11.8 Å². The van der Waals surface area contributed by atoms with Crippen LogP contribution in [0.4, 0.5) is 0 Å². The summed E-state index contributed by atoms with van der Waals surface area (Å²) in [6.07, 6.45) is 5.63. The van der Waals surface area contributed by atoms with Crippen molar-refractivity contribution in [3.05, 3.63) is 59.4 Å². The Balaban J connectivity index is 1.50. The molecule has 1 unspecified atom stereocenters. The number of methoxy groups -OCH3 is 1. The van der Waals surface area contributed by atoms with Gasteiger partial charge in [-0.25, -0.2) is 0 Å². The largest absolute Gasteiger partial charge is 0.497 e. The van der Waals surface area contributed by atoms with Crippen LogP contribution in [-0.2, 0) is 11.2 Å². The van der Waals surface area contributed by atoms with E-state index in [2.05, 4.69) is 15.6 Å². The van der Waals surface area contributed by atoms with Gasteiger partial charge in [0.2, 0.25) is 0 Å². The normalized spacial score (nSPS) is 15.8. The Morgan fingerprint density at radius 2 is 1.96 bits per heavy atom. The molecule has 1 aromatic carbocycles. The minimum Gasteiger partial charge on any atom is -0.497 e. The molecular formula is C21H25N3O4. The number of benzene rings is 1. The first-order valence-corrected chi connectivity index (χ1v) is 9.41. The van der Waals surface area contributed by atoms with Crippen molar-refractivity contribution in [3.63, 3.8) is 0 Å². The van der Waals surface area contributed by atoms with Crippen molar-refractivity contribution in [1.29, 1.82) is 0 Å². The minimum atomic E-state index is -0.260. The van der Waals surface area contributed by atoms with Gasteiger partial charge in [-0.05, 0) is 43.0 Å². The van der Waals surface area contributed by atoms with Crippen LogP contribution in [-0.4, -0.2) is 49.7 Å². The highest BCUT2D eigenvalue weighted by atomic mass is 16.5. The molecule has 0 aliphatic carbocycles. The first kappa shape index (κ1) is 19.8. The van der Waals surface area contributed by atoms with Crippen LogP contribution in [0.3, 0.4) is 0 Å². The molecule has 1 aliphatic rings. The fourth-order valence-electron chi connectivity index (χ4n) is 3.05. The topological polar surface area (TPSA) is 89.5 Å². The van der Waals surface area contributed by atoms with Gasteiger partial charge >= 0.3 is 0 Å². The maximum Gasteiger partial charge on any atom is 0.252 e. The summed E-state index contributed by atoms with van der Waals surface area (Å²) in [5, 5.41) is 5.69. The van der Waals surface area contributed by atoms with Crippen molar-refractivity contribution in [3.8, 4) is 5.75 Å². The molecule has 2 aromatic rings. The smallest absolute Gasteiger partial charge is 0.252 e. The Kier molecular flexibility index (Phi) is 6.97. The van der Waals surface area contributed by atoms with Gasteiger partial charge in [-0.1, -0.05) is 12.1 Å². The molecule has 7 heteroatoms. The van der Waals surface area contributed by atoms with Crippen LogP contribution in [0.5, 0.6) is 5.75 Å². The summed E-state index contributed by atoms with van der Waals surface area (Å²) in [6, 6.07) is 9.27. The lowest BCUT2D eigenvalue weighted by molar-refractivity contribution is 0.0857. The van der Waals surface area contributed by atoms with Gasteiger partial charge in [-0.15, -0.1) is 0 Å². The molecule has 0 bridgehead atoms. The highest BCUT2D eigenvalue weighted by molar-refractivity contribution is 5.99. The van der Waals surface area contributed by atoms with Crippen molar-refractivity contribution in [2.24, 2.45) is 0 Å². The number of rotatable bonds is 8. The predicted octanol–water partition coefficient (Wildman–Crippen LogP) is 1.97. The molecule has 0 radical (unpaired) electrons. The molecule has 1 saturated heterocycles. The van der Waals surface area contributed by atoms with E-state index in [1.54, 1.807) is 13.2 Å². The molecule has 148 valence electrons. The molecule has 0 saturated carbocycles. The second-order valence-corrected chi connectivity index (χ2v) is 6.66. The number of nitrogens with zero attached hydrogens (tertiary/aromatic N) is 1. The lowest BCUT2D eigenvalue weighted by Gasteiger charge is -2.11. The summed E-state index contributed by atoms with van der Waals surface area (Å²) >= 11 is 0. The van der Waals surface area contributed by atoms with Crippen LogP contribution in [0.15, 0.2) is 42.7 Å². The lowest BCUT2D eigenvalue weighted by atomic mass is 10.1. The number of carbonyl (C=O) groups is 2. The molecule has 28 heavy (non-hydrogen) atoms. The molecule has 1 aromatic heterocycles. The van der Waals surface area contributed by atoms with Gasteiger partial charge in [-0.3, -0.25) is 14.6 Å². The van der Waals surface area contributed by atoms with Crippen molar-refractivity contribution in [2.75, 3.05) is 26.8 Å². The summed E-state index contributed by atoms with van der Waals surface area (Å²) in [7, 11) is 1.62. The second kappa shape index (κ2) is 9.85. The van der Waals surface area contributed by atoms with Gasteiger partial charge in [0.05, 0.1) is 24.3 Å². The number of carbonyl (C=O) groups excluding carboxylic acids is 2. The summed E-state index contributed by atoms with van der Waals surface area (Å²) in [5.41, 5.74) is 1.79. The molecule has 2 amide bonds. The highest BCUT2D eigenvalue weighted by Crippen LogP contribution is 2.13. The monoisotopic (exact) mass is 383 g/mol. The van der Waals surface area contributed by atoms with E-state index >= 15 is 0 Å². The lowest BCUT2D eigenvalue weighted by Crippen LogP contribution is -2.32. The van der Waals surface area contributed by atoms with Crippen molar-refractivity contribution in [1.82, 2.24) is 15.6 Å². The molecule has 2 heterocycles. The summed E-state index contributed by atoms with van der Waals surface area (Å²) in [6.45, 7) is 1.69. The molecule has 7 nitrogen and oxygen atoms in total. The summed E-state index contributed by atoms with van der Waals surface area (Å²) < 4.78 is 10.7. The molecule has 1 fully saturated rings. The third kappa shape index (κ3) is 5.53. The Bertz CT molecular complexity index is 819. The van der Waals surface area contributed by atoms with E-state index in [0.29, 0.717) is 30.6 Å². The van der Waals surface area contributed by atoms with Crippen LogP contribution in [0, 0.1) is 0 Å². The zero-order valence-corrected chi connectivity index (χ0v) is 15.9. The van der Waals surface area contributed by atoms with Gasteiger partial charge in [0.25, 0.3) is 11.8 Å². The number of ether oxygens (including phenoxy) is 2. The average molecular weight is 383 g/mol. The predicted molar refractivity (Wildman–Crippen MR) is 105 cm³/mol. The Hall–Kier alpha value is -2.93. The van der Waals surface area contributed by atoms with Crippen LogP contribution in [0.25, 0.3) is 0 Å². The van der Waals surface area contributed by atoms with Gasteiger partial charge < -0.3 is 20.1 Å². The molecule has 0 spiro atoms. The van der Waals surface area contributed by atoms with Gasteiger partial charge in [0, 0.05) is 32.1 Å². The Labute approximate surface area is 164 Å². The van der Waals surface area contributed by atoms with Crippen molar-refractivity contribution in [2.45, 2.75) is 25.4 Å². The zero-order chi connectivity index (χ0) is 19.8. The van der Waals surface area contributed by atoms with Crippen molar-refractivity contribution < 1.29 is 19.1 Å². The number of aromatic nitrogens is 1. The summed E-state index contributed by atoms with van der Waals surface area (Å²) in [4.78, 5) is 28.7. The molecule has 2 N–H and O–H groups in total. The summed E-state index contributed by atoms with van der Waals surface area (Å²) in [5.74, 6) is 0.271. The zero-order valence-electron chi connectivity index (χ0n) is 15.9. The quantitative estimate of drug-likeness (QED) is 0.728. The van der Waals surface area contributed by atoms with Crippen LogP contribution < -0.4 is 15.4 Å². The number of hydrogen-bond donors (Lipinski definition) is 2. The second-order valence-electron chi connectivity index (χ2n) is 6.66. The third-order valence-electron chi connectivity index (χ3n) is 4.61. The SMILES string of the molecule is COc1cccc(CCNC(=O)c2cncc(C(=O)NCC3CCCO3)c2)c1.